The summed E-state index contributed by atoms with van der Waals surface area (Å²) in [6.45, 7) is 2.04. The van der Waals surface area contributed by atoms with Gasteiger partial charge in [-0.1, -0.05) is 48.5 Å². The van der Waals surface area contributed by atoms with Crippen molar-refractivity contribution in [3.05, 3.63) is 78.5 Å². The first-order valence-electron chi connectivity index (χ1n) is 8.36. The predicted octanol–water partition coefficient (Wildman–Crippen LogP) is 5.73. The summed E-state index contributed by atoms with van der Waals surface area (Å²) in [7, 11) is 1.63. The Morgan fingerprint density at radius 1 is 0.885 bits per heavy atom. The molecule has 0 aliphatic carbocycles. The van der Waals surface area contributed by atoms with Crippen molar-refractivity contribution >= 4 is 17.2 Å². The fourth-order valence-electron chi connectivity index (χ4n) is 2.89. The van der Waals surface area contributed by atoms with E-state index in [0.717, 1.165) is 22.5 Å². The van der Waals surface area contributed by atoms with Crippen LogP contribution in [0.3, 0.4) is 0 Å². The van der Waals surface area contributed by atoms with E-state index < -0.39 is 0 Å². The number of aryl methyl sites for hydroxylation is 1. The molecule has 2 aromatic heterocycles. The molecule has 2 aromatic carbocycles. The lowest BCUT2D eigenvalue weighted by molar-refractivity contribution is 0.416. The molecule has 0 saturated carbocycles. The zero-order valence-electron chi connectivity index (χ0n) is 14.6. The van der Waals surface area contributed by atoms with Crippen LogP contribution in [-0.4, -0.2) is 16.5 Å². The van der Waals surface area contributed by atoms with Crippen LogP contribution in [-0.2, 0) is 0 Å². The molecule has 128 valence electrons. The van der Waals surface area contributed by atoms with Gasteiger partial charge in [-0.25, -0.2) is 4.98 Å². The molecular weight excluding hydrogens is 324 g/mol. The molecular formula is C21H18N4O. The molecule has 0 fully saturated rings. The second-order valence-corrected chi connectivity index (χ2v) is 5.91. The summed E-state index contributed by atoms with van der Waals surface area (Å²) in [6.07, 6.45) is 1.96. The molecule has 0 bridgehead atoms. The lowest BCUT2D eigenvalue weighted by Gasteiger charge is -2.03. The van der Waals surface area contributed by atoms with Crippen molar-refractivity contribution < 1.29 is 4.74 Å². The number of para-hydroxylation sites is 1. The van der Waals surface area contributed by atoms with Crippen LogP contribution in [0.2, 0.25) is 0 Å². The number of aromatic nitrogens is 2. The number of nitrogens with zero attached hydrogens (tertiary/aromatic N) is 4. The Hall–Kier alpha value is -3.47. The average molecular weight is 342 g/mol. The van der Waals surface area contributed by atoms with Gasteiger partial charge in [-0.2, -0.15) is 0 Å². The van der Waals surface area contributed by atoms with E-state index in [2.05, 4.69) is 10.2 Å². The molecule has 0 aliphatic heterocycles. The highest BCUT2D eigenvalue weighted by Gasteiger charge is 2.15. The highest BCUT2D eigenvalue weighted by molar-refractivity contribution is 5.75. The van der Waals surface area contributed by atoms with Gasteiger partial charge >= 0.3 is 0 Å². The first-order chi connectivity index (χ1) is 12.8. The summed E-state index contributed by atoms with van der Waals surface area (Å²) >= 11 is 0. The van der Waals surface area contributed by atoms with Crippen LogP contribution in [0.1, 0.15) is 5.56 Å². The molecule has 5 nitrogen and oxygen atoms in total. The molecule has 2 heterocycles. The summed E-state index contributed by atoms with van der Waals surface area (Å²) in [5.74, 6) is 1.38. The van der Waals surface area contributed by atoms with E-state index in [9.17, 15) is 0 Å². The molecule has 0 N–H and O–H groups in total. The van der Waals surface area contributed by atoms with Gasteiger partial charge in [0.25, 0.3) is 0 Å². The summed E-state index contributed by atoms with van der Waals surface area (Å²) < 4.78 is 7.33. The number of methoxy groups -OCH3 is 1. The third kappa shape index (κ3) is 2.84. The fourth-order valence-corrected chi connectivity index (χ4v) is 2.89. The fraction of sp³-hybridized carbons (Fsp3) is 0.0952. The quantitative estimate of drug-likeness (QED) is 0.444. The molecule has 0 saturated heterocycles. The summed E-state index contributed by atoms with van der Waals surface area (Å²) in [5.41, 5.74) is 4.45. The highest BCUT2D eigenvalue weighted by atomic mass is 16.5. The Morgan fingerprint density at radius 2 is 1.65 bits per heavy atom. The third-order valence-corrected chi connectivity index (χ3v) is 4.20. The zero-order chi connectivity index (χ0) is 17.9. The molecule has 0 aliphatic rings. The van der Waals surface area contributed by atoms with Gasteiger partial charge in [-0.05, 0) is 30.7 Å². The van der Waals surface area contributed by atoms with Crippen molar-refractivity contribution in [2.24, 2.45) is 10.2 Å². The number of ether oxygens (including phenoxy) is 1. The van der Waals surface area contributed by atoms with Gasteiger partial charge in [0.05, 0.1) is 7.11 Å². The van der Waals surface area contributed by atoms with Gasteiger partial charge < -0.3 is 4.74 Å². The van der Waals surface area contributed by atoms with Crippen LogP contribution >= 0.6 is 0 Å². The van der Waals surface area contributed by atoms with Crippen molar-refractivity contribution in [2.45, 2.75) is 6.92 Å². The van der Waals surface area contributed by atoms with Crippen LogP contribution in [0, 0.1) is 6.92 Å². The monoisotopic (exact) mass is 342 g/mol. The summed E-state index contributed by atoms with van der Waals surface area (Å²) in [5, 5.41) is 8.96. The van der Waals surface area contributed by atoms with Crippen molar-refractivity contribution in [3.63, 3.8) is 0 Å². The minimum Gasteiger partial charge on any atom is -0.494 e. The predicted molar refractivity (Wildman–Crippen MR) is 103 cm³/mol. The molecule has 0 spiro atoms. The molecule has 0 unspecified atom stereocenters. The van der Waals surface area contributed by atoms with Gasteiger partial charge in [0.1, 0.15) is 22.8 Å². The number of imidazole rings is 1. The summed E-state index contributed by atoms with van der Waals surface area (Å²) in [6, 6.07) is 21.6. The van der Waals surface area contributed by atoms with Gasteiger partial charge in [0.15, 0.2) is 5.82 Å². The van der Waals surface area contributed by atoms with E-state index in [1.165, 1.54) is 0 Å². The summed E-state index contributed by atoms with van der Waals surface area (Å²) in [4.78, 5) is 4.82. The van der Waals surface area contributed by atoms with Crippen molar-refractivity contribution in [1.29, 1.82) is 0 Å². The third-order valence-electron chi connectivity index (χ3n) is 4.20. The smallest absolute Gasteiger partial charge is 0.187 e. The van der Waals surface area contributed by atoms with E-state index in [1.54, 1.807) is 7.11 Å². The van der Waals surface area contributed by atoms with Crippen LogP contribution in [0.4, 0.5) is 11.5 Å². The molecule has 26 heavy (non-hydrogen) atoms. The van der Waals surface area contributed by atoms with Gasteiger partial charge in [-0.3, -0.25) is 4.40 Å². The Morgan fingerprint density at radius 3 is 2.46 bits per heavy atom. The Balaban J connectivity index is 1.90. The number of benzene rings is 2. The van der Waals surface area contributed by atoms with Crippen LogP contribution in [0.5, 0.6) is 5.75 Å². The molecule has 5 heteroatoms. The zero-order valence-corrected chi connectivity index (χ0v) is 14.6. The largest absolute Gasteiger partial charge is 0.494 e. The van der Waals surface area contributed by atoms with Crippen molar-refractivity contribution in [2.75, 3.05) is 7.11 Å². The topological polar surface area (TPSA) is 51.2 Å². The van der Waals surface area contributed by atoms with E-state index in [0.29, 0.717) is 17.3 Å². The minimum absolute atomic E-state index is 0.677. The van der Waals surface area contributed by atoms with Gasteiger partial charge in [0, 0.05) is 11.8 Å². The van der Waals surface area contributed by atoms with E-state index in [4.69, 9.17) is 9.72 Å². The van der Waals surface area contributed by atoms with Gasteiger partial charge in [-0.15, -0.1) is 10.2 Å². The normalized spacial score (nSPS) is 11.3. The van der Waals surface area contributed by atoms with Gasteiger partial charge in [0.2, 0.25) is 0 Å². The maximum Gasteiger partial charge on any atom is 0.187 e. The molecule has 0 amide bonds. The number of hydrogen-bond acceptors (Lipinski definition) is 4. The molecule has 4 rings (SSSR count). The molecule has 0 atom stereocenters. The Kier molecular flexibility index (Phi) is 4.19. The Labute approximate surface area is 151 Å². The van der Waals surface area contributed by atoms with Crippen molar-refractivity contribution in [3.8, 4) is 17.0 Å². The standard InChI is InChI=1S/C21H18N4O/c1-15-9-8-14-25-20(15)22-19(16-10-4-3-5-11-16)21(25)24-23-17-12-6-7-13-18(17)26-2/h3-14H,1-2H3. The molecule has 4 aromatic rings. The maximum absolute atomic E-state index is 5.36. The van der Waals surface area contributed by atoms with Crippen molar-refractivity contribution in [1.82, 2.24) is 9.38 Å². The van der Waals surface area contributed by atoms with Crippen LogP contribution in [0.25, 0.3) is 16.9 Å². The van der Waals surface area contributed by atoms with E-state index >= 15 is 0 Å². The maximum atomic E-state index is 5.36. The average Bonchev–Trinajstić information content (AvgIpc) is 3.07. The number of rotatable bonds is 4. The molecule has 0 radical (unpaired) electrons. The lowest BCUT2D eigenvalue weighted by atomic mass is 10.1. The van der Waals surface area contributed by atoms with Crippen LogP contribution in [0.15, 0.2) is 83.2 Å². The number of azo groups is 1. The van der Waals surface area contributed by atoms with Crippen LogP contribution < -0.4 is 4.74 Å². The first kappa shape index (κ1) is 16.0. The second-order valence-electron chi connectivity index (χ2n) is 5.91. The number of pyridine rings is 1. The second kappa shape index (κ2) is 6.80. The lowest BCUT2D eigenvalue weighted by Crippen LogP contribution is -1.86. The van der Waals surface area contributed by atoms with E-state index in [1.807, 2.05) is 84.3 Å². The Bertz CT molecular complexity index is 1080. The van der Waals surface area contributed by atoms with E-state index in [-0.39, 0.29) is 0 Å². The number of hydrogen-bond donors (Lipinski definition) is 0. The highest BCUT2D eigenvalue weighted by Crippen LogP contribution is 2.34. The number of fused-ring (bicyclic) bond motifs is 1. The first-order valence-corrected chi connectivity index (χ1v) is 8.36. The SMILES string of the molecule is COc1ccccc1N=Nc1c(-c2ccccc2)nc2c(C)cccn12. The minimum atomic E-state index is 0.677.